The van der Waals surface area contributed by atoms with E-state index in [9.17, 15) is 18.0 Å². The summed E-state index contributed by atoms with van der Waals surface area (Å²) in [5.74, 6) is -0.885. The van der Waals surface area contributed by atoms with Crippen LogP contribution in [0.15, 0.2) is 72.5 Å². The number of aromatic nitrogens is 2. The zero-order valence-electron chi connectivity index (χ0n) is 18.5. The SMILES string of the molecule is CN1C=CC=C([C@@H]2CC[C@H](C(F)(F)F)C2)C1Oc1ccc(C(=O)c2nc3ccccc3[nH]2)cc1. The summed E-state index contributed by atoms with van der Waals surface area (Å²) >= 11 is 0. The largest absolute Gasteiger partial charge is 0.467 e. The highest BCUT2D eigenvalue weighted by Crippen LogP contribution is 2.45. The van der Waals surface area contributed by atoms with Crippen LogP contribution in [-0.4, -0.2) is 40.1 Å². The molecule has 1 aliphatic heterocycles. The summed E-state index contributed by atoms with van der Waals surface area (Å²) in [4.78, 5) is 22.1. The summed E-state index contributed by atoms with van der Waals surface area (Å²) in [5.41, 5.74) is 2.82. The molecule has 2 heterocycles. The molecule has 5 nitrogen and oxygen atoms in total. The number of allylic oxidation sites excluding steroid dienone is 2. The molecule has 0 amide bonds. The zero-order chi connectivity index (χ0) is 23.9. The van der Waals surface area contributed by atoms with Crippen LogP contribution in [0.2, 0.25) is 0 Å². The standard InChI is InChI=1S/C26H24F3N3O2/c1-32-14-4-5-20(17-8-11-18(15-17)26(27,28)29)25(32)34-19-12-9-16(10-13-19)23(33)24-30-21-6-2-3-7-22(21)31-24/h2-7,9-10,12-14,17-18,25H,8,11,15H2,1H3,(H,30,31)/t17-,18+,25?/m1/s1. The number of H-pyrrole nitrogens is 1. The van der Waals surface area contributed by atoms with Crippen LogP contribution in [0, 0.1) is 11.8 Å². The highest BCUT2D eigenvalue weighted by molar-refractivity contribution is 6.08. The second-order valence-electron chi connectivity index (χ2n) is 8.85. The Balaban J connectivity index is 1.31. The number of alkyl halides is 3. The van der Waals surface area contributed by atoms with E-state index in [1.54, 1.807) is 24.3 Å². The van der Waals surface area contributed by atoms with Gasteiger partial charge in [0.25, 0.3) is 0 Å². The van der Waals surface area contributed by atoms with Gasteiger partial charge in [0.1, 0.15) is 5.75 Å². The number of hydrogen-bond acceptors (Lipinski definition) is 4. The Bertz CT molecular complexity index is 1230. The molecule has 1 aromatic heterocycles. The molecule has 3 atom stereocenters. The molecule has 1 unspecified atom stereocenters. The van der Waals surface area contributed by atoms with Gasteiger partial charge in [-0.05, 0) is 73.2 Å². The molecule has 1 saturated carbocycles. The van der Waals surface area contributed by atoms with Crippen LogP contribution in [0.3, 0.4) is 0 Å². The fourth-order valence-electron chi connectivity index (χ4n) is 4.77. The molecule has 2 aromatic carbocycles. The first-order valence-electron chi connectivity index (χ1n) is 11.2. The van der Waals surface area contributed by atoms with Gasteiger partial charge in [-0.1, -0.05) is 18.2 Å². The van der Waals surface area contributed by atoms with Crippen LogP contribution >= 0.6 is 0 Å². The Labute approximate surface area is 194 Å². The summed E-state index contributed by atoms with van der Waals surface area (Å²) in [7, 11) is 1.84. The molecule has 34 heavy (non-hydrogen) atoms. The van der Waals surface area contributed by atoms with Crippen molar-refractivity contribution in [2.24, 2.45) is 11.8 Å². The highest BCUT2D eigenvalue weighted by Gasteiger charge is 2.46. The number of carbonyl (C=O) groups is 1. The van der Waals surface area contributed by atoms with Crippen molar-refractivity contribution < 1.29 is 22.7 Å². The van der Waals surface area contributed by atoms with Gasteiger partial charge in [-0.25, -0.2) is 4.98 Å². The van der Waals surface area contributed by atoms with Gasteiger partial charge in [0, 0.05) is 18.8 Å². The van der Waals surface area contributed by atoms with Crippen LogP contribution in [-0.2, 0) is 0 Å². The molecule has 0 radical (unpaired) electrons. The first kappa shape index (κ1) is 22.3. The summed E-state index contributed by atoms with van der Waals surface area (Å²) in [6, 6.07) is 14.2. The minimum Gasteiger partial charge on any atom is -0.467 e. The number of nitrogens with zero attached hydrogens (tertiary/aromatic N) is 2. The summed E-state index contributed by atoms with van der Waals surface area (Å²) in [6.45, 7) is 0. The van der Waals surface area contributed by atoms with Crippen molar-refractivity contribution >= 4 is 16.8 Å². The average Bonchev–Trinajstić information content (AvgIpc) is 3.48. The van der Waals surface area contributed by atoms with Gasteiger partial charge in [0.2, 0.25) is 5.78 Å². The maximum absolute atomic E-state index is 13.2. The lowest BCUT2D eigenvalue weighted by molar-refractivity contribution is -0.173. The monoisotopic (exact) mass is 467 g/mol. The van der Waals surface area contributed by atoms with E-state index >= 15 is 0 Å². The predicted octanol–water partition coefficient (Wildman–Crippen LogP) is 5.86. The number of ketones is 1. The topological polar surface area (TPSA) is 58.2 Å². The molecule has 1 aliphatic carbocycles. The van der Waals surface area contributed by atoms with E-state index in [-0.39, 0.29) is 30.4 Å². The van der Waals surface area contributed by atoms with Gasteiger partial charge in [-0.3, -0.25) is 4.79 Å². The first-order chi connectivity index (χ1) is 16.3. The van der Waals surface area contributed by atoms with Crippen molar-refractivity contribution in [1.29, 1.82) is 0 Å². The third kappa shape index (κ3) is 4.32. The van der Waals surface area contributed by atoms with E-state index in [1.165, 1.54) is 0 Å². The molecular formula is C26H24F3N3O2. The number of halogens is 3. The van der Waals surface area contributed by atoms with Crippen LogP contribution < -0.4 is 4.74 Å². The number of nitrogens with one attached hydrogen (secondary N) is 1. The van der Waals surface area contributed by atoms with Crippen LogP contribution in [0.25, 0.3) is 11.0 Å². The van der Waals surface area contributed by atoms with Crippen LogP contribution in [0.4, 0.5) is 13.2 Å². The quantitative estimate of drug-likeness (QED) is 0.478. The second-order valence-corrected chi connectivity index (χ2v) is 8.85. The lowest BCUT2D eigenvalue weighted by atomic mass is 9.92. The van der Waals surface area contributed by atoms with E-state index < -0.39 is 18.3 Å². The highest BCUT2D eigenvalue weighted by atomic mass is 19.4. The molecule has 0 bridgehead atoms. The first-order valence-corrected chi connectivity index (χ1v) is 11.2. The molecule has 5 rings (SSSR count). The number of likely N-dealkylation sites (N-methyl/N-ethyl adjacent to an activating group) is 1. The minimum atomic E-state index is -4.16. The number of carbonyl (C=O) groups excluding carboxylic acids is 1. The summed E-state index contributed by atoms with van der Waals surface area (Å²) in [6.07, 6.45) is 1.60. The lowest BCUT2D eigenvalue weighted by Crippen LogP contribution is -2.38. The third-order valence-electron chi connectivity index (χ3n) is 6.60. The number of rotatable bonds is 5. The number of para-hydroxylation sites is 2. The van der Waals surface area contributed by atoms with Crippen LogP contribution in [0.1, 0.15) is 35.4 Å². The van der Waals surface area contributed by atoms with E-state index in [0.717, 1.165) is 16.6 Å². The third-order valence-corrected chi connectivity index (χ3v) is 6.60. The van der Waals surface area contributed by atoms with Gasteiger partial charge in [-0.2, -0.15) is 13.2 Å². The molecule has 0 spiro atoms. The smallest absolute Gasteiger partial charge is 0.391 e. The Morgan fingerprint density at radius 3 is 2.59 bits per heavy atom. The van der Waals surface area contributed by atoms with Gasteiger partial charge < -0.3 is 14.6 Å². The Kier molecular flexibility index (Phi) is 5.67. The van der Waals surface area contributed by atoms with Crippen LogP contribution in [0.5, 0.6) is 5.75 Å². The number of ether oxygens (including phenoxy) is 1. The molecule has 2 aliphatic rings. The Morgan fingerprint density at radius 1 is 1.12 bits per heavy atom. The van der Waals surface area contributed by atoms with Crippen molar-refractivity contribution in [3.05, 3.63) is 83.8 Å². The fraction of sp³-hybridized carbons (Fsp3) is 0.308. The zero-order valence-corrected chi connectivity index (χ0v) is 18.5. The van der Waals surface area contributed by atoms with Crippen molar-refractivity contribution in [3.63, 3.8) is 0 Å². The van der Waals surface area contributed by atoms with Gasteiger partial charge >= 0.3 is 6.18 Å². The summed E-state index contributed by atoms with van der Waals surface area (Å²) in [5, 5.41) is 0. The maximum Gasteiger partial charge on any atom is 0.391 e. The molecule has 176 valence electrons. The molecular weight excluding hydrogens is 443 g/mol. The average molecular weight is 467 g/mol. The summed E-state index contributed by atoms with van der Waals surface area (Å²) < 4.78 is 45.8. The molecule has 8 heteroatoms. The van der Waals surface area contributed by atoms with Gasteiger partial charge in [-0.15, -0.1) is 0 Å². The number of benzene rings is 2. The number of fused-ring (bicyclic) bond motifs is 1. The molecule has 1 fully saturated rings. The van der Waals surface area contributed by atoms with E-state index in [0.29, 0.717) is 17.7 Å². The van der Waals surface area contributed by atoms with E-state index in [2.05, 4.69) is 9.97 Å². The normalized spacial score (nSPS) is 22.8. The minimum absolute atomic E-state index is 0.0851. The van der Waals surface area contributed by atoms with Crippen molar-refractivity contribution in [2.75, 3.05) is 7.05 Å². The van der Waals surface area contributed by atoms with Crippen molar-refractivity contribution in [3.8, 4) is 5.75 Å². The second kappa shape index (κ2) is 8.66. The number of aromatic amines is 1. The fourth-order valence-corrected chi connectivity index (χ4v) is 4.77. The van der Waals surface area contributed by atoms with Gasteiger partial charge in [0.15, 0.2) is 12.1 Å². The lowest BCUT2D eigenvalue weighted by Gasteiger charge is -2.34. The van der Waals surface area contributed by atoms with E-state index in [4.69, 9.17) is 4.74 Å². The molecule has 1 N–H and O–H groups in total. The molecule has 0 saturated heterocycles. The Hall–Kier alpha value is -3.55. The maximum atomic E-state index is 13.2. The number of hydrogen-bond donors (Lipinski definition) is 1. The van der Waals surface area contributed by atoms with E-state index in [1.807, 2.05) is 54.6 Å². The van der Waals surface area contributed by atoms with Crippen molar-refractivity contribution in [2.45, 2.75) is 31.7 Å². The van der Waals surface area contributed by atoms with Gasteiger partial charge in [0.05, 0.1) is 17.0 Å². The molecule has 3 aromatic rings. The predicted molar refractivity (Wildman–Crippen MR) is 122 cm³/mol. The number of imidazole rings is 1. The Morgan fingerprint density at radius 2 is 1.88 bits per heavy atom. The van der Waals surface area contributed by atoms with Crippen molar-refractivity contribution in [1.82, 2.24) is 14.9 Å².